The zero-order valence-electron chi connectivity index (χ0n) is 10.7. The van der Waals surface area contributed by atoms with Crippen LogP contribution >= 0.6 is 0 Å². The van der Waals surface area contributed by atoms with Crippen LogP contribution in [0.25, 0.3) is 0 Å². The molecule has 1 aromatic rings. The summed E-state index contributed by atoms with van der Waals surface area (Å²) in [5.41, 5.74) is -0.915. The van der Waals surface area contributed by atoms with Gasteiger partial charge in [-0.15, -0.1) is 0 Å². The average Bonchev–Trinajstić information content (AvgIpc) is 2.30. The Morgan fingerprint density at radius 2 is 2.17 bits per heavy atom. The lowest BCUT2D eigenvalue weighted by molar-refractivity contribution is -0.122. The van der Waals surface area contributed by atoms with E-state index in [1.165, 1.54) is 23.9 Å². The molecule has 100 valence electrons. The summed E-state index contributed by atoms with van der Waals surface area (Å²) in [6, 6.07) is 1.11. The van der Waals surface area contributed by atoms with Crippen LogP contribution in [0.1, 0.15) is 6.92 Å². The summed E-state index contributed by atoms with van der Waals surface area (Å²) < 4.78 is 7.01. The number of carbonyl (C=O) groups excluding carboxylic acids is 1. The van der Waals surface area contributed by atoms with Gasteiger partial charge in [0.15, 0.2) is 0 Å². The molecule has 7 heteroatoms. The lowest BCUT2D eigenvalue weighted by Crippen LogP contribution is -2.42. The first-order valence-electron chi connectivity index (χ1n) is 5.50. The van der Waals surface area contributed by atoms with Gasteiger partial charge in [0.25, 0.3) is 5.56 Å². The van der Waals surface area contributed by atoms with Crippen molar-refractivity contribution < 1.29 is 9.53 Å². The Labute approximate surface area is 104 Å². The van der Waals surface area contributed by atoms with Gasteiger partial charge in [-0.3, -0.25) is 18.7 Å². The number of nitrogens with one attached hydrogen (secondary N) is 1. The highest BCUT2D eigenvalue weighted by Gasteiger charge is 2.09. The van der Waals surface area contributed by atoms with Crippen molar-refractivity contribution in [3.63, 3.8) is 0 Å². The molecule has 0 saturated carbocycles. The smallest absolute Gasteiger partial charge is 0.331 e. The normalized spacial score (nSPS) is 12.2. The zero-order chi connectivity index (χ0) is 13.7. The number of ether oxygens (including phenoxy) is 1. The van der Waals surface area contributed by atoms with Crippen LogP contribution in [0.2, 0.25) is 0 Å². The summed E-state index contributed by atoms with van der Waals surface area (Å²) in [6.07, 6.45) is 1.31. The van der Waals surface area contributed by atoms with Crippen LogP contribution in [0.5, 0.6) is 0 Å². The van der Waals surface area contributed by atoms with Crippen molar-refractivity contribution in [3.8, 4) is 0 Å². The van der Waals surface area contributed by atoms with E-state index in [9.17, 15) is 14.4 Å². The molecule has 1 amide bonds. The van der Waals surface area contributed by atoms with Crippen LogP contribution in [0.15, 0.2) is 21.9 Å². The Morgan fingerprint density at radius 1 is 1.50 bits per heavy atom. The fourth-order valence-corrected chi connectivity index (χ4v) is 1.50. The molecule has 1 aromatic heterocycles. The van der Waals surface area contributed by atoms with E-state index in [1.807, 2.05) is 0 Å². The molecular weight excluding hydrogens is 238 g/mol. The van der Waals surface area contributed by atoms with Gasteiger partial charge in [-0.25, -0.2) is 4.79 Å². The second-order valence-corrected chi connectivity index (χ2v) is 4.05. The number of methoxy groups -OCH3 is 1. The van der Waals surface area contributed by atoms with E-state index in [0.29, 0.717) is 6.61 Å². The van der Waals surface area contributed by atoms with Gasteiger partial charge in [0.1, 0.15) is 6.54 Å². The first-order valence-corrected chi connectivity index (χ1v) is 5.50. The second-order valence-electron chi connectivity index (χ2n) is 4.05. The quantitative estimate of drug-likeness (QED) is 0.709. The summed E-state index contributed by atoms with van der Waals surface area (Å²) >= 11 is 0. The summed E-state index contributed by atoms with van der Waals surface area (Å²) in [7, 11) is 2.91. The van der Waals surface area contributed by atoms with E-state index in [-0.39, 0.29) is 18.5 Å². The molecule has 0 radical (unpaired) electrons. The van der Waals surface area contributed by atoms with E-state index in [0.717, 1.165) is 4.57 Å². The number of hydrogen-bond acceptors (Lipinski definition) is 4. The number of rotatable bonds is 5. The van der Waals surface area contributed by atoms with Crippen LogP contribution in [-0.2, 0) is 23.1 Å². The summed E-state index contributed by atoms with van der Waals surface area (Å²) in [4.78, 5) is 34.5. The lowest BCUT2D eigenvalue weighted by atomic mass is 10.3. The Balaban J connectivity index is 2.74. The van der Waals surface area contributed by atoms with Crippen molar-refractivity contribution in [2.45, 2.75) is 19.5 Å². The minimum absolute atomic E-state index is 0.124. The molecule has 7 nitrogen and oxygen atoms in total. The molecule has 0 aromatic carbocycles. The number of aromatic nitrogens is 2. The third-order valence-corrected chi connectivity index (χ3v) is 2.40. The van der Waals surface area contributed by atoms with Gasteiger partial charge in [0, 0.05) is 32.5 Å². The lowest BCUT2D eigenvalue weighted by Gasteiger charge is -2.13. The monoisotopic (exact) mass is 255 g/mol. The van der Waals surface area contributed by atoms with Gasteiger partial charge in [-0.05, 0) is 6.92 Å². The molecule has 18 heavy (non-hydrogen) atoms. The topological polar surface area (TPSA) is 82.3 Å². The van der Waals surface area contributed by atoms with Crippen LogP contribution < -0.4 is 16.6 Å². The third kappa shape index (κ3) is 3.56. The van der Waals surface area contributed by atoms with Crippen molar-refractivity contribution in [3.05, 3.63) is 33.1 Å². The largest absolute Gasteiger partial charge is 0.383 e. The van der Waals surface area contributed by atoms with Gasteiger partial charge in [-0.1, -0.05) is 0 Å². The van der Waals surface area contributed by atoms with E-state index in [1.54, 1.807) is 14.0 Å². The maximum atomic E-state index is 11.7. The van der Waals surface area contributed by atoms with E-state index in [4.69, 9.17) is 4.74 Å². The molecular formula is C11H17N3O4. The molecule has 1 atom stereocenters. The van der Waals surface area contributed by atoms with E-state index < -0.39 is 11.2 Å². The van der Waals surface area contributed by atoms with Crippen LogP contribution in [0.4, 0.5) is 0 Å². The first-order chi connectivity index (χ1) is 8.45. The molecule has 0 saturated heterocycles. The Hall–Kier alpha value is -1.89. The van der Waals surface area contributed by atoms with E-state index >= 15 is 0 Å². The number of hydrogen-bond donors (Lipinski definition) is 1. The number of carbonyl (C=O) groups is 1. The van der Waals surface area contributed by atoms with Crippen molar-refractivity contribution in [2.24, 2.45) is 7.05 Å². The SMILES string of the molecule is COC[C@@H](C)NC(=O)Cn1ccc(=O)n(C)c1=O. The van der Waals surface area contributed by atoms with Crippen molar-refractivity contribution >= 4 is 5.91 Å². The molecule has 1 rings (SSSR count). The maximum Gasteiger partial charge on any atom is 0.331 e. The highest BCUT2D eigenvalue weighted by Crippen LogP contribution is 1.85. The maximum absolute atomic E-state index is 11.7. The van der Waals surface area contributed by atoms with Crippen LogP contribution in [0, 0.1) is 0 Å². The van der Waals surface area contributed by atoms with Crippen LogP contribution in [-0.4, -0.2) is 34.8 Å². The Bertz CT molecular complexity index is 532. The molecule has 0 aliphatic carbocycles. The first kappa shape index (κ1) is 14.2. The molecule has 0 bridgehead atoms. The summed E-state index contributed by atoms with van der Waals surface area (Å²) in [6.45, 7) is 2.07. The highest BCUT2D eigenvalue weighted by molar-refractivity contribution is 5.75. The second kappa shape index (κ2) is 6.15. The van der Waals surface area contributed by atoms with Crippen molar-refractivity contribution in [1.82, 2.24) is 14.5 Å². The summed E-state index contributed by atoms with van der Waals surface area (Å²) in [5, 5.41) is 2.68. The van der Waals surface area contributed by atoms with E-state index in [2.05, 4.69) is 5.32 Å². The van der Waals surface area contributed by atoms with Crippen molar-refractivity contribution in [2.75, 3.05) is 13.7 Å². The average molecular weight is 255 g/mol. The van der Waals surface area contributed by atoms with Crippen LogP contribution in [0.3, 0.4) is 0 Å². The standard InChI is InChI=1S/C11H17N3O4/c1-8(7-18-3)12-9(15)6-14-5-4-10(16)13(2)11(14)17/h4-5,8H,6-7H2,1-3H3,(H,12,15)/t8-/m1/s1. The fourth-order valence-electron chi connectivity index (χ4n) is 1.50. The highest BCUT2D eigenvalue weighted by atomic mass is 16.5. The Kier molecular flexibility index (Phi) is 4.85. The number of nitrogens with zero attached hydrogens (tertiary/aromatic N) is 2. The molecule has 0 unspecified atom stereocenters. The third-order valence-electron chi connectivity index (χ3n) is 2.40. The zero-order valence-corrected chi connectivity index (χ0v) is 10.7. The Morgan fingerprint density at radius 3 is 2.78 bits per heavy atom. The molecule has 1 N–H and O–H groups in total. The molecule has 0 fully saturated rings. The van der Waals surface area contributed by atoms with Gasteiger partial charge in [0.2, 0.25) is 5.91 Å². The number of amides is 1. The van der Waals surface area contributed by atoms with Crippen molar-refractivity contribution in [1.29, 1.82) is 0 Å². The summed E-state index contributed by atoms with van der Waals surface area (Å²) in [5.74, 6) is -0.305. The molecule has 0 spiro atoms. The van der Waals surface area contributed by atoms with Gasteiger partial charge in [0.05, 0.1) is 6.61 Å². The molecule has 0 aliphatic heterocycles. The fraction of sp³-hybridized carbons (Fsp3) is 0.545. The van der Waals surface area contributed by atoms with Gasteiger partial charge in [-0.2, -0.15) is 0 Å². The predicted octanol–water partition coefficient (Wildman–Crippen LogP) is -1.30. The minimum atomic E-state index is -0.517. The predicted molar refractivity (Wildman–Crippen MR) is 65.4 cm³/mol. The molecule has 1 heterocycles. The van der Waals surface area contributed by atoms with Gasteiger partial charge >= 0.3 is 5.69 Å². The van der Waals surface area contributed by atoms with Gasteiger partial charge < -0.3 is 10.1 Å². The minimum Gasteiger partial charge on any atom is -0.383 e. The molecule has 0 aliphatic rings.